The van der Waals surface area contributed by atoms with E-state index in [-0.39, 0.29) is 42.6 Å². The van der Waals surface area contributed by atoms with Crippen molar-refractivity contribution in [2.24, 2.45) is 0 Å². The number of carbonyl (C=O) groups is 3. The van der Waals surface area contributed by atoms with E-state index in [1.807, 2.05) is 7.05 Å². The van der Waals surface area contributed by atoms with Gasteiger partial charge in [0.15, 0.2) is 0 Å². The van der Waals surface area contributed by atoms with Gasteiger partial charge in [-0.2, -0.15) is 0 Å². The molecule has 1 saturated heterocycles. The normalized spacial score (nSPS) is 14.9. The van der Waals surface area contributed by atoms with Crippen molar-refractivity contribution in [3.05, 3.63) is 0 Å². The van der Waals surface area contributed by atoms with E-state index in [0.717, 1.165) is 154 Å². The van der Waals surface area contributed by atoms with E-state index in [2.05, 4.69) is 32.6 Å². The summed E-state index contributed by atoms with van der Waals surface area (Å²) in [6, 6.07) is 0. The predicted molar refractivity (Wildman–Crippen MR) is 199 cm³/mol. The minimum Gasteiger partial charge on any atom is -0.462 e. The zero-order valence-corrected chi connectivity index (χ0v) is 32.6. The van der Waals surface area contributed by atoms with E-state index in [4.69, 9.17) is 14.2 Å². The molecule has 49 heavy (non-hydrogen) atoms. The molecule has 0 aromatic heterocycles. The molecule has 1 aliphatic heterocycles. The van der Waals surface area contributed by atoms with Crippen LogP contribution in [0.3, 0.4) is 0 Å². The number of ether oxygens (including phenoxy) is 3. The van der Waals surface area contributed by atoms with Crippen molar-refractivity contribution >= 4 is 17.9 Å². The zero-order valence-electron chi connectivity index (χ0n) is 32.6. The van der Waals surface area contributed by atoms with E-state index in [0.29, 0.717) is 25.7 Å². The van der Waals surface area contributed by atoms with Crippen LogP contribution in [0.5, 0.6) is 0 Å². The second kappa shape index (κ2) is 29.0. The van der Waals surface area contributed by atoms with Crippen LogP contribution in [-0.2, 0) is 28.6 Å². The van der Waals surface area contributed by atoms with Crippen molar-refractivity contribution in [1.29, 1.82) is 0 Å². The number of carbonyl (C=O) groups excluding carboxylic acids is 3. The van der Waals surface area contributed by atoms with Crippen LogP contribution in [-0.4, -0.2) is 72.0 Å². The van der Waals surface area contributed by atoms with Crippen LogP contribution in [0.15, 0.2) is 0 Å². The highest BCUT2D eigenvalue weighted by Crippen LogP contribution is 2.27. The SMILES string of the molecule is CCCCC(CCCC)OC(=O)CCCCCCC(CCCCCCC(=O)OC(CCCC)CCCC)OC(=O)CC1(O)CCN(C)CC1. The van der Waals surface area contributed by atoms with Gasteiger partial charge in [0.25, 0.3) is 0 Å². The highest BCUT2D eigenvalue weighted by atomic mass is 16.6. The van der Waals surface area contributed by atoms with Gasteiger partial charge in [0.2, 0.25) is 0 Å². The van der Waals surface area contributed by atoms with Gasteiger partial charge < -0.3 is 24.2 Å². The van der Waals surface area contributed by atoms with Gasteiger partial charge in [0, 0.05) is 25.9 Å². The molecule has 0 atom stereocenters. The monoisotopic (exact) mass is 696 g/mol. The molecule has 0 radical (unpaired) electrons. The summed E-state index contributed by atoms with van der Waals surface area (Å²) in [5.74, 6) is -0.446. The summed E-state index contributed by atoms with van der Waals surface area (Å²) in [6.45, 7) is 10.2. The molecule has 0 aromatic carbocycles. The van der Waals surface area contributed by atoms with Gasteiger partial charge in [0.05, 0.1) is 12.0 Å². The lowest BCUT2D eigenvalue weighted by molar-refractivity contribution is -0.157. The maximum absolute atomic E-state index is 13.0. The van der Waals surface area contributed by atoms with E-state index < -0.39 is 5.60 Å². The molecule has 1 fully saturated rings. The number of rotatable bonds is 31. The average molecular weight is 696 g/mol. The van der Waals surface area contributed by atoms with E-state index in [9.17, 15) is 19.5 Å². The molecule has 0 spiro atoms. The first kappa shape index (κ1) is 45.4. The third kappa shape index (κ3) is 24.2. The average Bonchev–Trinajstić information content (AvgIpc) is 3.07. The summed E-state index contributed by atoms with van der Waals surface area (Å²) in [4.78, 5) is 40.1. The Kier molecular flexibility index (Phi) is 26.8. The summed E-state index contributed by atoms with van der Waals surface area (Å²) in [5, 5.41) is 11.0. The summed E-state index contributed by atoms with van der Waals surface area (Å²) >= 11 is 0. The topological polar surface area (TPSA) is 102 Å². The van der Waals surface area contributed by atoms with Gasteiger partial charge in [-0.25, -0.2) is 0 Å². The molecule has 1 heterocycles. The molecule has 1 N–H and O–H groups in total. The third-order valence-corrected chi connectivity index (χ3v) is 10.1. The van der Waals surface area contributed by atoms with Crippen LogP contribution < -0.4 is 0 Å². The predicted octanol–water partition coefficient (Wildman–Crippen LogP) is 10.0. The third-order valence-electron chi connectivity index (χ3n) is 10.1. The minimum atomic E-state index is -0.977. The first-order valence-electron chi connectivity index (χ1n) is 20.6. The Labute approximate surface area is 301 Å². The van der Waals surface area contributed by atoms with Gasteiger partial charge in [-0.05, 0) is 84.1 Å². The van der Waals surface area contributed by atoms with E-state index in [1.54, 1.807) is 0 Å². The molecule has 0 unspecified atom stereocenters. The first-order valence-corrected chi connectivity index (χ1v) is 20.6. The van der Waals surface area contributed by atoms with Gasteiger partial charge in [-0.3, -0.25) is 14.4 Å². The fraction of sp³-hybridized carbons (Fsp3) is 0.927. The van der Waals surface area contributed by atoms with Gasteiger partial charge in [0.1, 0.15) is 18.3 Å². The number of likely N-dealkylation sites (tertiary alicyclic amines) is 1. The first-order chi connectivity index (χ1) is 23.6. The molecule has 0 aliphatic carbocycles. The summed E-state index contributed by atoms with van der Waals surface area (Å²) < 4.78 is 17.6. The molecule has 0 amide bonds. The number of esters is 3. The second-order valence-electron chi connectivity index (χ2n) is 15.0. The van der Waals surface area contributed by atoms with Crippen LogP contribution in [0.1, 0.15) is 201 Å². The van der Waals surface area contributed by atoms with Crippen molar-refractivity contribution in [2.75, 3.05) is 20.1 Å². The van der Waals surface area contributed by atoms with Crippen LogP contribution in [0, 0.1) is 0 Å². The quantitative estimate of drug-likeness (QED) is 0.0434. The lowest BCUT2D eigenvalue weighted by Crippen LogP contribution is -2.44. The Hall–Kier alpha value is -1.67. The second-order valence-corrected chi connectivity index (χ2v) is 15.0. The minimum absolute atomic E-state index is 0.0522. The standard InChI is InChI=1S/C41H77NO7/c1-6-10-22-35(23-11-7-2)47-38(43)28-20-16-14-18-26-37(49-40(45)34-41(46)30-32-42(5)33-31-41)27-19-15-17-21-29-39(44)48-36(24-12-8-3)25-13-9-4/h35-37,46H,6-34H2,1-5H3. The number of hydrogen-bond donors (Lipinski definition) is 1. The smallest absolute Gasteiger partial charge is 0.308 e. The molecular weight excluding hydrogens is 618 g/mol. The van der Waals surface area contributed by atoms with Gasteiger partial charge >= 0.3 is 17.9 Å². The van der Waals surface area contributed by atoms with Gasteiger partial charge in [-0.1, -0.05) is 105 Å². The summed E-state index contributed by atoms with van der Waals surface area (Å²) in [5.41, 5.74) is -0.977. The van der Waals surface area contributed by atoms with E-state index in [1.165, 1.54) is 0 Å². The lowest BCUT2D eigenvalue weighted by Gasteiger charge is -2.36. The van der Waals surface area contributed by atoms with Crippen molar-refractivity contribution in [3.8, 4) is 0 Å². The van der Waals surface area contributed by atoms with Crippen LogP contribution in [0.4, 0.5) is 0 Å². The Bertz CT molecular complexity index is 780. The van der Waals surface area contributed by atoms with Gasteiger partial charge in [-0.15, -0.1) is 0 Å². The fourth-order valence-corrected chi connectivity index (χ4v) is 6.70. The van der Waals surface area contributed by atoms with Crippen LogP contribution >= 0.6 is 0 Å². The molecular formula is C41H77NO7. The molecule has 0 saturated carbocycles. The maximum atomic E-state index is 13.0. The van der Waals surface area contributed by atoms with Crippen molar-refractivity contribution < 1.29 is 33.7 Å². The highest BCUT2D eigenvalue weighted by molar-refractivity contribution is 5.71. The van der Waals surface area contributed by atoms with Crippen LogP contribution in [0.25, 0.3) is 0 Å². The Morgan fingerprint density at radius 3 is 1.22 bits per heavy atom. The maximum Gasteiger partial charge on any atom is 0.308 e. The fourth-order valence-electron chi connectivity index (χ4n) is 6.70. The Morgan fingerprint density at radius 2 is 0.857 bits per heavy atom. The van der Waals surface area contributed by atoms with E-state index >= 15 is 0 Å². The molecule has 0 bridgehead atoms. The zero-order chi connectivity index (χ0) is 36.2. The number of unbranched alkanes of at least 4 members (excludes halogenated alkanes) is 10. The lowest BCUT2D eigenvalue weighted by atomic mass is 9.88. The molecule has 1 rings (SSSR count). The highest BCUT2D eigenvalue weighted by Gasteiger charge is 2.34. The largest absolute Gasteiger partial charge is 0.462 e. The molecule has 8 nitrogen and oxygen atoms in total. The number of piperidine rings is 1. The van der Waals surface area contributed by atoms with Crippen molar-refractivity contribution in [3.63, 3.8) is 0 Å². The van der Waals surface area contributed by atoms with Crippen LogP contribution in [0.2, 0.25) is 0 Å². The number of nitrogens with zero attached hydrogens (tertiary/aromatic N) is 1. The summed E-state index contributed by atoms with van der Waals surface area (Å²) in [7, 11) is 2.04. The van der Waals surface area contributed by atoms with Crippen molar-refractivity contribution in [2.45, 2.75) is 225 Å². The number of hydrogen-bond acceptors (Lipinski definition) is 8. The molecule has 8 heteroatoms. The Balaban J connectivity index is 2.47. The number of aliphatic hydroxyl groups is 1. The molecule has 0 aromatic rings. The molecule has 288 valence electrons. The Morgan fingerprint density at radius 1 is 0.531 bits per heavy atom. The summed E-state index contributed by atoms with van der Waals surface area (Å²) in [6.07, 6.45) is 23.7. The van der Waals surface area contributed by atoms with Crippen molar-refractivity contribution in [1.82, 2.24) is 4.90 Å². The molecule has 1 aliphatic rings.